The van der Waals surface area contributed by atoms with Crippen LogP contribution in [0.1, 0.15) is 39.8 Å². The van der Waals surface area contributed by atoms with Crippen molar-refractivity contribution in [2.75, 3.05) is 18.1 Å². The van der Waals surface area contributed by atoms with Crippen LogP contribution in [0, 0.1) is 0 Å². The molecule has 42 heavy (non-hydrogen) atoms. The first kappa shape index (κ1) is 33.8. The van der Waals surface area contributed by atoms with Gasteiger partial charge >= 0.3 is 23.9 Å². The molecule has 3 rings (SSSR count). The van der Waals surface area contributed by atoms with Crippen LogP contribution in [-0.2, 0) is 52.6 Å². The number of β-lactam (4-membered cyclic amide) rings is 1. The minimum Gasteiger partial charge on any atom is -0.426 e. The number of aromatic nitrogens is 1. The van der Waals surface area contributed by atoms with Crippen LogP contribution in [0.4, 0.5) is 5.13 Å². The molecule has 3 atom stereocenters. The van der Waals surface area contributed by atoms with Gasteiger partial charge in [-0.1, -0.05) is 17.8 Å². The number of carbonyl (C=O) groups is 6. The van der Waals surface area contributed by atoms with E-state index in [1.807, 2.05) is 0 Å². The van der Waals surface area contributed by atoms with E-state index >= 15 is 0 Å². The standard InChI is InChI=1S/C13H15NO5S.C11H14N4O6S/c1-4-9-6-20-11-5-10(16)14(11)12(9)13(17)19-8(3)18-7(2)15;1-5(16)20-6(2)21-8(17)3-19-15-9(10(12)18)7-4-22-11(13)14-7/h4,8,11H,1,5-6H2,2-3H3;4,6H,3H2,1-2H3,(H2,12,18)(H2,13,14)/b;15-9-. The van der Waals surface area contributed by atoms with Crippen molar-refractivity contribution in [1.29, 1.82) is 0 Å². The normalized spacial score (nSPS) is 17.2. The molecule has 16 nitrogen and oxygen atoms in total. The van der Waals surface area contributed by atoms with E-state index in [2.05, 4.69) is 31.0 Å². The van der Waals surface area contributed by atoms with Gasteiger partial charge in [-0.05, 0) is 5.57 Å². The van der Waals surface area contributed by atoms with Crippen molar-refractivity contribution in [2.45, 2.75) is 52.1 Å². The molecule has 0 bridgehead atoms. The van der Waals surface area contributed by atoms with E-state index in [0.29, 0.717) is 17.7 Å². The molecule has 1 aromatic heterocycles. The van der Waals surface area contributed by atoms with Crippen molar-refractivity contribution < 1.29 is 52.6 Å². The summed E-state index contributed by atoms with van der Waals surface area (Å²) < 4.78 is 19.1. The number of fused-ring (bicyclic) bond motifs is 1. The van der Waals surface area contributed by atoms with E-state index in [-0.39, 0.29) is 33.5 Å². The molecule has 1 saturated heterocycles. The van der Waals surface area contributed by atoms with Gasteiger partial charge in [-0.2, -0.15) is 0 Å². The largest absolute Gasteiger partial charge is 0.426 e. The molecular formula is C24H29N5O11S2. The monoisotopic (exact) mass is 627 g/mol. The minimum absolute atomic E-state index is 0.0159. The fourth-order valence-corrected chi connectivity index (χ4v) is 5.10. The number of hydrogen-bond donors (Lipinski definition) is 2. The Morgan fingerprint density at radius 2 is 1.76 bits per heavy atom. The molecule has 0 spiro atoms. The smallest absolute Gasteiger partial charge is 0.358 e. The van der Waals surface area contributed by atoms with E-state index in [4.69, 9.17) is 20.9 Å². The van der Waals surface area contributed by atoms with Gasteiger partial charge in [-0.3, -0.25) is 24.1 Å². The summed E-state index contributed by atoms with van der Waals surface area (Å²) in [5.41, 5.74) is 11.3. The number of ether oxygens (including phenoxy) is 4. The van der Waals surface area contributed by atoms with Gasteiger partial charge in [-0.25, -0.2) is 14.6 Å². The van der Waals surface area contributed by atoms with Crippen molar-refractivity contribution in [3.05, 3.63) is 35.0 Å². The topological polar surface area (TPSA) is 229 Å². The fraction of sp³-hybridized carbons (Fsp3) is 0.417. The maximum absolute atomic E-state index is 12.2. The number of amides is 2. The number of primary amides is 1. The molecule has 18 heteroatoms. The van der Waals surface area contributed by atoms with Crippen LogP contribution >= 0.6 is 23.1 Å². The van der Waals surface area contributed by atoms with Gasteiger partial charge in [0.1, 0.15) is 11.4 Å². The molecule has 2 aliphatic rings. The Bertz CT molecular complexity index is 1310. The van der Waals surface area contributed by atoms with Crippen molar-refractivity contribution in [2.24, 2.45) is 10.9 Å². The van der Waals surface area contributed by atoms with Crippen LogP contribution in [-0.4, -0.2) is 81.6 Å². The summed E-state index contributed by atoms with van der Waals surface area (Å²) in [5.74, 6) is -3.08. The van der Waals surface area contributed by atoms with Crippen molar-refractivity contribution in [3.63, 3.8) is 0 Å². The number of esters is 4. The minimum atomic E-state index is -1.06. The molecule has 2 amide bonds. The number of anilines is 1. The highest BCUT2D eigenvalue weighted by Gasteiger charge is 2.45. The molecular weight excluding hydrogens is 598 g/mol. The summed E-state index contributed by atoms with van der Waals surface area (Å²) in [6, 6.07) is 0. The zero-order valence-electron chi connectivity index (χ0n) is 23.0. The maximum atomic E-state index is 12.2. The Kier molecular flexibility index (Phi) is 12.5. The summed E-state index contributed by atoms with van der Waals surface area (Å²) in [4.78, 5) is 77.8. The Labute approximate surface area is 248 Å². The van der Waals surface area contributed by atoms with E-state index in [9.17, 15) is 28.8 Å². The average Bonchev–Trinajstić information content (AvgIpc) is 3.30. The van der Waals surface area contributed by atoms with E-state index in [0.717, 1.165) is 11.3 Å². The van der Waals surface area contributed by atoms with Gasteiger partial charge in [0.2, 0.25) is 25.1 Å². The Balaban J connectivity index is 0.000000294. The van der Waals surface area contributed by atoms with Gasteiger partial charge in [0.25, 0.3) is 5.91 Å². The number of hydrogen-bond acceptors (Lipinski definition) is 16. The highest BCUT2D eigenvalue weighted by molar-refractivity contribution is 8.00. The third-order valence-electron chi connectivity index (χ3n) is 4.89. The fourth-order valence-electron chi connectivity index (χ4n) is 3.29. The number of nitrogen functional groups attached to an aromatic ring is 1. The van der Waals surface area contributed by atoms with Crippen molar-refractivity contribution in [1.82, 2.24) is 9.88 Å². The highest BCUT2D eigenvalue weighted by atomic mass is 32.2. The van der Waals surface area contributed by atoms with Crippen LogP contribution in [0.5, 0.6) is 0 Å². The van der Waals surface area contributed by atoms with Gasteiger partial charge < -0.3 is 35.3 Å². The zero-order chi connectivity index (χ0) is 31.6. The third-order valence-corrected chi connectivity index (χ3v) is 6.81. The molecule has 4 N–H and O–H groups in total. The van der Waals surface area contributed by atoms with E-state index in [1.165, 1.54) is 38.0 Å². The molecule has 0 aliphatic carbocycles. The second-order valence-electron chi connectivity index (χ2n) is 8.21. The van der Waals surface area contributed by atoms with Crippen molar-refractivity contribution in [3.8, 4) is 0 Å². The summed E-state index contributed by atoms with van der Waals surface area (Å²) in [7, 11) is 0. The van der Waals surface area contributed by atoms with Crippen LogP contribution in [0.3, 0.4) is 0 Å². The first-order chi connectivity index (χ1) is 19.7. The number of rotatable bonds is 11. The SMILES string of the molecule is C=CC1=C(C(=O)OC(C)OC(C)=O)N2C(=O)CC2SC1.CC(=O)OC(C)OC(=O)CO/N=C(\C(N)=O)c1csc(N)n1. The van der Waals surface area contributed by atoms with Gasteiger partial charge in [0, 0.05) is 38.8 Å². The molecule has 1 fully saturated rings. The summed E-state index contributed by atoms with van der Waals surface area (Å²) in [6.45, 7) is 8.24. The molecule has 228 valence electrons. The molecule has 3 unspecified atom stereocenters. The molecule has 2 aliphatic heterocycles. The van der Waals surface area contributed by atoms with Crippen LogP contribution in [0.15, 0.2) is 34.5 Å². The molecule has 0 saturated carbocycles. The Hall–Kier alpha value is -4.45. The number of thiazole rings is 1. The maximum Gasteiger partial charge on any atom is 0.358 e. The number of nitrogens with zero attached hydrogens (tertiary/aromatic N) is 3. The molecule has 3 heterocycles. The lowest BCUT2D eigenvalue weighted by molar-refractivity contribution is -0.186. The summed E-state index contributed by atoms with van der Waals surface area (Å²) in [6.07, 6.45) is -0.0951. The number of carbonyl (C=O) groups excluding carboxylic acids is 6. The lowest BCUT2D eigenvalue weighted by atomic mass is 10.1. The van der Waals surface area contributed by atoms with Crippen molar-refractivity contribution >= 4 is 69.6 Å². The lowest BCUT2D eigenvalue weighted by Crippen LogP contribution is -2.54. The highest BCUT2D eigenvalue weighted by Crippen LogP contribution is 2.40. The second-order valence-corrected chi connectivity index (χ2v) is 10.3. The molecule has 1 aromatic rings. The quantitative estimate of drug-likeness (QED) is 0.112. The number of allylic oxidation sites excluding steroid dienone is 1. The van der Waals surface area contributed by atoms with E-state index < -0.39 is 49.0 Å². The Morgan fingerprint density at radius 3 is 2.26 bits per heavy atom. The molecule has 0 radical (unpaired) electrons. The number of nitrogens with two attached hydrogens (primary N) is 2. The first-order valence-electron chi connectivity index (χ1n) is 12.0. The van der Waals surface area contributed by atoms with Crippen LogP contribution < -0.4 is 11.5 Å². The predicted molar refractivity (Wildman–Crippen MR) is 148 cm³/mol. The number of thioether (sulfide) groups is 1. The molecule has 0 aromatic carbocycles. The zero-order valence-corrected chi connectivity index (χ0v) is 24.7. The average molecular weight is 628 g/mol. The van der Waals surface area contributed by atoms with Crippen LogP contribution in [0.25, 0.3) is 0 Å². The van der Waals surface area contributed by atoms with E-state index in [1.54, 1.807) is 17.8 Å². The van der Waals surface area contributed by atoms with Crippen LogP contribution in [0.2, 0.25) is 0 Å². The second kappa shape index (κ2) is 15.5. The lowest BCUT2D eigenvalue weighted by Gasteiger charge is -2.44. The van der Waals surface area contributed by atoms with Gasteiger partial charge in [-0.15, -0.1) is 23.1 Å². The van der Waals surface area contributed by atoms with Gasteiger partial charge in [0.15, 0.2) is 10.8 Å². The summed E-state index contributed by atoms with van der Waals surface area (Å²) in [5, 5.41) is 5.10. The summed E-state index contributed by atoms with van der Waals surface area (Å²) >= 11 is 2.67. The first-order valence-corrected chi connectivity index (χ1v) is 13.9. The Morgan fingerprint density at radius 1 is 1.14 bits per heavy atom. The number of oxime groups is 1. The van der Waals surface area contributed by atoms with Gasteiger partial charge in [0.05, 0.1) is 11.8 Å². The third kappa shape index (κ3) is 9.88. The predicted octanol–water partition coefficient (Wildman–Crippen LogP) is 0.568.